The zero-order valence-electron chi connectivity index (χ0n) is 16.3. The Bertz CT molecular complexity index is 728. The van der Waals surface area contributed by atoms with Gasteiger partial charge in [0.15, 0.2) is 8.32 Å². The van der Waals surface area contributed by atoms with Gasteiger partial charge in [-0.3, -0.25) is 0 Å². The molecule has 0 bridgehead atoms. The number of aryl methyl sites for hydroxylation is 1. The van der Waals surface area contributed by atoms with Gasteiger partial charge in [0.2, 0.25) is 0 Å². The zero-order chi connectivity index (χ0) is 19.0. The van der Waals surface area contributed by atoms with Gasteiger partial charge in [0, 0.05) is 11.9 Å². The Morgan fingerprint density at radius 2 is 1.84 bits per heavy atom. The molecule has 0 spiro atoms. The zero-order valence-corrected chi connectivity index (χ0v) is 18.1. The molecule has 0 aliphatic rings. The number of benzene rings is 1. The average Bonchev–Trinajstić information content (AvgIpc) is 2.94. The van der Waals surface area contributed by atoms with Gasteiger partial charge in [-0.25, -0.2) is 4.98 Å². The van der Waals surface area contributed by atoms with E-state index in [1.165, 1.54) is 11.3 Å². The van der Waals surface area contributed by atoms with Crippen molar-refractivity contribution in [1.29, 1.82) is 0 Å². The van der Waals surface area contributed by atoms with Crippen molar-refractivity contribution < 1.29 is 9.53 Å². The molecule has 6 heteroatoms. The summed E-state index contributed by atoms with van der Waals surface area (Å²) in [7, 11) is -1.92. The smallest absolute Gasteiger partial charge is 0.192 e. The van der Waals surface area contributed by atoms with E-state index in [2.05, 4.69) is 44.9 Å². The van der Waals surface area contributed by atoms with Crippen LogP contribution in [0.3, 0.4) is 0 Å². The molecule has 1 aromatic heterocycles. The van der Waals surface area contributed by atoms with Crippen LogP contribution in [0.1, 0.15) is 38.3 Å². The second kappa shape index (κ2) is 6.83. The van der Waals surface area contributed by atoms with Gasteiger partial charge in [-0.2, -0.15) is 0 Å². The van der Waals surface area contributed by atoms with Gasteiger partial charge in [0.05, 0.1) is 11.5 Å². The van der Waals surface area contributed by atoms with Crippen LogP contribution in [-0.2, 0) is 10.0 Å². The fourth-order valence-electron chi connectivity index (χ4n) is 2.21. The van der Waals surface area contributed by atoms with Gasteiger partial charge in [0.25, 0.3) is 0 Å². The van der Waals surface area contributed by atoms with Crippen molar-refractivity contribution in [3.8, 4) is 10.4 Å². The van der Waals surface area contributed by atoms with Crippen LogP contribution in [-0.4, -0.2) is 25.0 Å². The molecule has 0 fully saturated rings. The molecule has 1 atom stereocenters. The Kier molecular flexibility index (Phi) is 5.49. The molecule has 1 aromatic carbocycles. The number of aliphatic hydroxyl groups is 1. The maximum Gasteiger partial charge on any atom is 0.192 e. The molecule has 1 unspecified atom stereocenters. The summed E-state index contributed by atoms with van der Waals surface area (Å²) >= 11 is 1.49. The quantitative estimate of drug-likeness (QED) is 0.572. The molecule has 0 aliphatic carbocycles. The largest absolute Gasteiger partial charge is 0.413 e. The summed E-state index contributed by atoms with van der Waals surface area (Å²) < 4.78 is 6.20. The number of rotatable bonds is 5. The molecule has 0 saturated heterocycles. The van der Waals surface area contributed by atoms with Crippen LogP contribution >= 0.6 is 11.3 Å². The van der Waals surface area contributed by atoms with Crippen LogP contribution in [0, 0.1) is 6.92 Å². The molecule has 0 radical (unpaired) electrons. The minimum atomic E-state index is -1.92. The normalized spacial score (nSPS) is 15.2. The first-order chi connectivity index (χ1) is 11.3. The van der Waals surface area contributed by atoms with Crippen LogP contribution in [0.5, 0.6) is 0 Å². The molecule has 2 rings (SSSR count). The van der Waals surface area contributed by atoms with E-state index in [4.69, 9.17) is 10.2 Å². The van der Waals surface area contributed by atoms with Crippen LogP contribution in [0.4, 0.5) is 5.69 Å². The van der Waals surface area contributed by atoms with Crippen molar-refractivity contribution in [1.82, 2.24) is 4.98 Å². The van der Waals surface area contributed by atoms with E-state index < -0.39 is 13.9 Å². The average molecular weight is 379 g/mol. The van der Waals surface area contributed by atoms with Crippen molar-refractivity contribution in [2.75, 3.05) is 12.3 Å². The second-order valence-corrected chi connectivity index (χ2v) is 14.3. The number of hydrogen-bond acceptors (Lipinski definition) is 5. The third-order valence-electron chi connectivity index (χ3n) is 4.87. The van der Waals surface area contributed by atoms with E-state index in [1.54, 1.807) is 13.1 Å². The third kappa shape index (κ3) is 4.70. The Morgan fingerprint density at radius 1 is 1.20 bits per heavy atom. The van der Waals surface area contributed by atoms with E-state index in [1.807, 2.05) is 19.1 Å². The molecule has 138 valence electrons. The first kappa shape index (κ1) is 20.1. The van der Waals surface area contributed by atoms with Crippen molar-refractivity contribution in [3.05, 3.63) is 35.0 Å². The summed E-state index contributed by atoms with van der Waals surface area (Å²) in [6.07, 6.45) is 1.80. The predicted octanol–water partition coefficient (Wildman–Crippen LogP) is 4.93. The number of aromatic nitrogens is 1. The maximum absolute atomic E-state index is 10.9. The summed E-state index contributed by atoms with van der Waals surface area (Å²) in [5.41, 5.74) is 7.72. The SMILES string of the molecule is Cc1cc(N)cc(-c2cnc(C(C)(O)CO[Si](C)(C)C(C)(C)C)s2)c1. The van der Waals surface area contributed by atoms with Crippen LogP contribution < -0.4 is 5.73 Å². The lowest BCUT2D eigenvalue weighted by molar-refractivity contribution is 0.00244. The number of anilines is 1. The molecule has 4 nitrogen and oxygen atoms in total. The molecule has 1 heterocycles. The van der Waals surface area contributed by atoms with E-state index >= 15 is 0 Å². The van der Waals surface area contributed by atoms with Crippen molar-refractivity contribution in [3.63, 3.8) is 0 Å². The highest BCUT2D eigenvalue weighted by atomic mass is 32.1. The Hall–Kier alpha value is -1.21. The summed E-state index contributed by atoms with van der Waals surface area (Å²) in [5.74, 6) is 0. The monoisotopic (exact) mass is 378 g/mol. The highest BCUT2D eigenvalue weighted by Crippen LogP contribution is 2.39. The van der Waals surface area contributed by atoms with Crippen molar-refractivity contribution >= 4 is 25.3 Å². The van der Waals surface area contributed by atoms with Gasteiger partial charge in [-0.15, -0.1) is 11.3 Å². The van der Waals surface area contributed by atoms with Gasteiger partial charge in [-0.1, -0.05) is 26.8 Å². The van der Waals surface area contributed by atoms with Crippen LogP contribution in [0.25, 0.3) is 10.4 Å². The predicted molar refractivity (Wildman–Crippen MR) is 109 cm³/mol. The minimum absolute atomic E-state index is 0.107. The first-order valence-corrected chi connectivity index (χ1v) is 12.2. The fraction of sp³-hybridized carbons (Fsp3) is 0.526. The maximum atomic E-state index is 10.9. The minimum Gasteiger partial charge on any atom is -0.413 e. The van der Waals surface area contributed by atoms with E-state index in [0.29, 0.717) is 5.01 Å². The molecular weight excluding hydrogens is 348 g/mol. The standard InChI is InChI=1S/C19H30N2O2SSi/c1-13-8-14(10-15(20)9-13)16-11-21-17(24-16)19(5,22)12-23-25(6,7)18(2,3)4/h8-11,22H,12,20H2,1-7H3. The van der Waals surface area contributed by atoms with E-state index in [-0.39, 0.29) is 11.6 Å². The molecule has 0 amide bonds. The summed E-state index contributed by atoms with van der Waals surface area (Å²) in [5, 5.41) is 11.7. The van der Waals surface area contributed by atoms with Gasteiger partial charge >= 0.3 is 0 Å². The van der Waals surface area contributed by atoms with E-state index in [0.717, 1.165) is 21.7 Å². The highest BCUT2D eigenvalue weighted by molar-refractivity contribution is 7.15. The lowest BCUT2D eigenvalue weighted by Gasteiger charge is -2.38. The second-order valence-electron chi connectivity index (χ2n) is 8.48. The Labute approximate surface area is 156 Å². The number of nitrogens with zero attached hydrogens (tertiary/aromatic N) is 1. The summed E-state index contributed by atoms with van der Waals surface area (Å²) in [6.45, 7) is 15.0. The topological polar surface area (TPSA) is 68.4 Å². The molecule has 3 N–H and O–H groups in total. The highest BCUT2D eigenvalue weighted by Gasteiger charge is 2.39. The number of hydrogen-bond donors (Lipinski definition) is 2. The molecule has 25 heavy (non-hydrogen) atoms. The molecule has 0 saturated carbocycles. The molecular formula is C19H30N2O2SSi. The lowest BCUT2D eigenvalue weighted by Crippen LogP contribution is -2.44. The number of thiazole rings is 1. The number of nitrogen functional groups attached to an aromatic ring is 1. The molecule has 0 aliphatic heterocycles. The van der Waals surface area contributed by atoms with Crippen molar-refractivity contribution in [2.45, 2.75) is 58.4 Å². The third-order valence-corrected chi connectivity index (χ3v) is 10.6. The Balaban J connectivity index is 2.20. The number of nitrogens with two attached hydrogens (primary N) is 1. The van der Waals surface area contributed by atoms with Crippen molar-refractivity contribution in [2.24, 2.45) is 0 Å². The fourth-order valence-corrected chi connectivity index (χ4v) is 4.22. The molecule has 2 aromatic rings. The Morgan fingerprint density at radius 3 is 2.40 bits per heavy atom. The van der Waals surface area contributed by atoms with Gasteiger partial charge < -0.3 is 15.3 Å². The summed E-state index contributed by atoms with van der Waals surface area (Å²) in [6, 6.07) is 5.95. The summed E-state index contributed by atoms with van der Waals surface area (Å²) in [4.78, 5) is 5.45. The van der Waals surface area contributed by atoms with E-state index in [9.17, 15) is 5.11 Å². The van der Waals surface area contributed by atoms with Gasteiger partial charge in [0.1, 0.15) is 10.6 Å². The first-order valence-electron chi connectivity index (χ1n) is 8.52. The van der Waals surface area contributed by atoms with Crippen LogP contribution in [0.2, 0.25) is 18.1 Å². The van der Waals surface area contributed by atoms with Gasteiger partial charge in [-0.05, 0) is 55.2 Å². The lowest BCUT2D eigenvalue weighted by atomic mass is 10.1. The van der Waals surface area contributed by atoms with Crippen LogP contribution in [0.15, 0.2) is 24.4 Å².